The first kappa shape index (κ1) is 20.5. The zero-order chi connectivity index (χ0) is 21.0. The number of alkyl halides is 3. The molecule has 0 atom stereocenters. The first-order valence-electron chi connectivity index (χ1n) is 8.91. The van der Waals surface area contributed by atoms with E-state index in [1.807, 2.05) is 0 Å². The number of ether oxygens (including phenoxy) is 1. The molecule has 1 heterocycles. The summed E-state index contributed by atoms with van der Waals surface area (Å²) < 4.78 is 43.4. The monoisotopic (exact) mass is 408 g/mol. The number of piperazine rings is 1. The van der Waals surface area contributed by atoms with Gasteiger partial charge in [-0.15, -0.1) is 0 Å². The van der Waals surface area contributed by atoms with Crippen LogP contribution in [0.3, 0.4) is 0 Å². The van der Waals surface area contributed by atoms with Crippen LogP contribution in [0.25, 0.3) is 0 Å². The highest BCUT2D eigenvalue weighted by Crippen LogP contribution is 2.31. The van der Waals surface area contributed by atoms with Gasteiger partial charge in [-0.2, -0.15) is 13.2 Å². The van der Waals surface area contributed by atoms with Gasteiger partial charge in [0.15, 0.2) is 6.61 Å². The predicted molar refractivity (Wildman–Crippen MR) is 97.5 cm³/mol. The zero-order valence-corrected chi connectivity index (χ0v) is 15.4. The topological polar surface area (TPSA) is 70.1 Å². The van der Waals surface area contributed by atoms with Crippen molar-refractivity contribution in [1.29, 1.82) is 0 Å². The maximum atomic E-state index is 12.7. The predicted octanol–water partition coefficient (Wildman–Crippen LogP) is 2.77. The fraction of sp³-hybridized carbons (Fsp3) is 0.300. The second-order valence-corrected chi connectivity index (χ2v) is 6.50. The van der Waals surface area contributed by atoms with Crippen molar-refractivity contribution < 1.29 is 32.6 Å². The van der Waals surface area contributed by atoms with Gasteiger partial charge < -0.3 is 19.6 Å². The van der Waals surface area contributed by atoms with E-state index in [9.17, 15) is 27.9 Å². The van der Waals surface area contributed by atoms with Gasteiger partial charge in [0.2, 0.25) is 0 Å². The van der Waals surface area contributed by atoms with Crippen molar-refractivity contribution in [3.8, 4) is 11.5 Å². The van der Waals surface area contributed by atoms with Gasteiger partial charge in [-0.25, -0.2) is 0 Å². The van der Waals surface area contributed by atoms with Crippen molar-refractivity contribution >= 4 is 11.8 Å². The minimum atomic E-state index is -4.49. The Kier molecular flexibility index (Phi) is 5.95. The van der Waals surface area contributed by atoms with Crippen LogP contribution < -0.4 is 4.74 Å². The Morgan fingerprint density at radius 1 is 0.966 bits per heavy atom. The van der Waals surface area contributed by atoms with Crippen LogP contribution >= 0.6 is 0 Å². The first-order chi connectivity index (χ1) is 13.8. The molecule has 2 amide bonds. The molecule has 9 heteroatoms. The lowest BCUT2D eigenvalue weighted by Gasteiger charge is -2.34. The molecule has 3 rings (SSSR count). The van der Waals surface area contributed by atoms with E-state index < -0.39 is 18.3 Å². The van der Waals surface area contributed by atoms with Gasteiger partial charge in [0.25, 0.3) is 11.8 Å². The second-order valence-electron chi connectivity index (χ2n) is 6.50. The Morgan fingerprint density at radius 2 is 1.62 bits per heavy atom. The summed E-state index contributed by atoms with van der Waals surface area (Å²) in [6, 6.07) is 10.6. The number of hydrogen-bond donors (Lipinski definition) is 1. The Labute approximate surface area is 165 Å². The Balaban J connectivity index is 1.52. The van der Waals surface area contributed by atoms with Gasteiger partial charge in [-0.05, 0) is 30.3 Å². The van der Waals surface area contributed by atoms with Crippen LogP contribution in [0.4, 0.5) is 13.2 Å². The highest BCUT2D eigenvalue weighted by molar-refractivity contribution is 5.97. The number of benzene rings is 2. The third-order valence-corrected chi connectivity index (χ3v) is 4.58. The fourth-order valence-corrected chi connectivity index (χ4v) is 2.98. The van der Waals surface area contributed by atoms with Gasteiger partial charge >= 0.3 is 6.18 Å². The standard InChI is InChI=1S/C20H19F3N2O4/c21-20(22,23)14-4-3-5-15(12-14)29-13-18(27)24-8-10-25(11-9-24)19(28)16-6-1-2-7-17(16)26/h1-7,12,26H,8-11,13H2. The van der Waals surface area contributed by atoms with Crippen molar-refractivity contribution in [3.63, 3.8) is 0 Å². The third kappa shape index (κ3) is 4.98. The molecule has 2 aromatic rings. The second kappa shape index (κ2) is 8.42. The molecule has 0 bridgehead atoms. The summed E-state index contributed by atoms with van der Waals surface area (Å²) in [6.45, 7) is 0.702. The molecule has 6 nitrogen and oxygen atoms in total. The van der Waals surface area contributed by atoms with Crippen molar-refractivity contribution in [2.45, 2.75) is 6.18 Å². The number of rotatable bonds is 4. The number of aromatic hydroxyl groups is 1. The van der Waals surface area contributed by atoms with E-state index in [1.165, 1.54) is 34.1 Å². The molecule has 29 heavy (non-hydrogen) atoms. The first-order valence-corrected chi connectivity index (χ1v) is 8.91. The Bertz CT molecular complexity index is 893. The summed E-state index contributed by atoms with van der Waals surface area (Å²) in [5.74, 6) is -0.848. The Morgan fingerprint density at radius 3 is 2.28 bits per heavy atom. The molecule has 0 saturated carbocycles. The quantitative estimate of drug-likeness (QED) is 0.845. The molecule has 0 spiro atoms. The van der Waals surface area contributed by atoms with Crippen molar-refractivity contribution in [2.24, 2.45) is 0 Å². The van der Waals surface area contributed by atoms with Crippen LogP contribution in [0.2, 0.25) is 0 Å². The Hall–Kier alpha value is -3.23. The molecule has 0 radical (unpaired) electrons. The van der Waals surface area contributed by atoms with E-state index in [2.05, 4.69) is 0 Å². The summed E-state index contributed by atoms with van der Waals surface area (Å²) >= 11 is 0. The SMILES string of the molecule is O=C(COc1cccc(C(F)(F)F)c1)N1CCN(C(=O)c2ccccc2O)CC1. The highest BCUT2D eigenvalue weighted by atomic mass is 19.4. The maximum Gasteiger partial charge on any atom is 0.416 e. The zero-order valence-electron chi connectivity index (χ0n) is 15.4. The van der Waals surface area contributed by atoms with E-state index in [1.54, 1.807) is 12.1 Å². The summed E-state index contributed by atoms with van der Waals surface area (Å²) in [5, 5.41) is 9.80. The lowest BCUT2D eigenvalue weighted by Crippen LogP contribution is -2.51. The smallest absolute Gasteiger partial charge is 0.416 e. The maximum absolute atomic E-state index is 12.7. The molecule has 1 saturated heterocycles. The van der Waals surface area contributed by atoms with Crippen molar-refractivity contribution in [3.05, 3.63) is 59.7 Å². The lowest BCUT2D eigenvalue weighted by molar-refractivity contribution is -0.137. The number of nitrogens with zero attached hydrogens (tertiary/aromatic N) is 2. The molecular formula is C20H19F3N2O4. The summed E-state index contributed by atoms with van der Waals surface area (Å²) in [6.07, 6.45) is -4.49. The lowest BCUT2D eigenvalue weighted by atomic mass is 10.1. The van der Waals surface area contributed by atoms with Gasteiger partial charge in [-0.3, -0.25) is 9.59 Å². The molecule has 1 fully saturated rings. The minimum Gasteiger partial charge on any atom is -0.507 e. The van der Waals surface area contributed by atoms with Crippen molar-refractivity contribution in [2.75, 3.05) is 32.8 Å². The molecule has 154 valence electrons. The molecule has 0 aliphatic carbocycles. The van der Waals surface area contributed by atoms with Crippen LogP contribution in [0.1, 0.15) is 15.9 Å². The molecule has 1 N–H and O–H groups in total. The molecule has 0 unspecified atom stereocenters. The van der Waals surface area contributed by atoms with Crippen LogP contribution in [0.5, 0.6) is 11.5 Å². The summed E-state index contributed by atoms with van der Waals surface area (Å²) in [7, 11) is 0. The number of carbonyl (C=O) groups is 2. The summed E-state index contributed by atoms with van der Waals surface area (Å²) in [5.41, 5.74) is -0.654. The van der Waals surface area contributed by atoms with Crippen LogP contribution in [0, 0.1) is 0 Å². The van der Waals surface area contributed by atoms with E-state index in [0.29, 0.717) is 0 Å². The molecule has 1 aliphatic heterocycles. The van der Waals surface area contributed by atoms with Crippen LogP contribution in [-0.4, -0.2) is 59.5 Å². The van der Waals surface area contributed by atoms with E-state index in [4.69, 9.17) is 4.74 Å². The van der Waals surface area contributed by atoms with Crippen LogP contribution in [0.15, 0.2) is 48.5 Å². The van der Waals surface area contributed by atoms with Crippen molar-refractivity contribution in [1.82, 2.24) is 9.80 Å². The molecule has 2 aromatic carbocycles. The average Bonchev–Trinajstić information content (AvgIpc) is 2.71. The molecular weight excluding hydrogens is 389 g/mol. The van der Waals surface area contributed by atoms with Gasteiger partial charge in [-0.1, -0.05) is 18.2 Å². The number of amides is 2. The van der Waals surface area contributed by atoms with Gasteiger partial charge in [0.05, 0.1) is 11.1 Å². The number of halogens is 3. The minimum absolute atomic E-state index is 0.0402. The number of hydrogen-bond acceptors (Lipinski definition) is 4. The van der Waals surface area contributed by atoms with Gasteiger partial charge in [0.1, 0.15) is 11.5 Å². The number of para-hydroxylation sites is 1. The van der Waals surface area contributed by atoms with E-state index in [-0.39, 0.29) is 55.1 Å². The highest BCUT2D eigenvalue weighted by Gasteiger charge is 2.31. The number of phenolic OH excluding ortho intramolecular Hbond substituents is 1. The van der Waals surface area contributed by atoms with Crippen LogP contribution in [-0.2, 0) is 11.0 Å². The summed E-state index contributed by atoms with van der Waals surface area (Å²) in [4.78, 5) is 27.8. The number of carbonyl (C=O) groups excluding carboxylic acids is 2. The fourth-order valence-electron chi connectivity index (χ4n) is 2.98. The van der Waals surface area contributed by atoms with E-state index >= 15 is 0 Å². The molecule has 0 aromatic heterocycles. The normalized spacial score (nSPS) is 14.6. The molecule has 1 aliphatic rings. The largest absolute Gasteiger partial charge is 0.507 e. The van der Waals surface area contributed by atoms with E-state index in [0.717, 1.165) is 12.1 Å². The average molecular weight is 408 g/mol. The van der Waals surface area contributed by atoms with Gasteiger partial charge in [0, 0.05) is 26.2 Å². The number of phenols is 1. The third-order valence-electron chi connectivity index (χ3n) is 4.58.